The van der Waals surface area contributed by atoms with Crippen LogP contribution in [0.25, 0.3) is 0 Å². The summed E-state index contributed by atoms with van der Waals surface area (Å²) in [5, 5.41) is 0. The van der Waals surface area contributed by atoms with Crippen molar-refractivity contribution in [2.45, 2.75) is 83.8 Å². The molecule has 1 aliphatic heterocycles. The van der Waals surface area contributed by atoms with E-state index in [1.165, 1.54) is 0 Å². The molecule has 1 saturated heterocycles. The Balaban J connectivity index is 2.53. The van der Waals surface area contributed by atoms with Crippen LogP contribution in [-0.2, 0) is 15.0 Å². The van der Waals surface area contributed by atoms with Gasteiger partial charge in [0.1, 0.15) is 0 Å². The lowest BCUT2D eigenvalue weighted by Gasteiger charge is -2.48. The van der Waals surface area contributed by atoms with Gasteiger partial charge in [0.2, 0.25) is 11.8 Å². The van der Waals surface area contributed by atoms with Crippen LogP contribution in [0.1, 0.15) is 65.9 Å². The lowest BCUT2D eigenvalue weighted by molar-refractivity contribution is -0.138. The predicted molar refractivity (Wildman–Crippen MR) is 114 cm³/mol. The number of nitrogens with zero attached hydrogens (tertiary/aromatic N) is 2. The van der Waals surface area contributed by atoms with Gasteiger partial charge in [-0.1, -0.05) is 30.3 Å². The first kappa shape index (κ1) is 22.4. The summed E-state index contributed by atoms with van der Waals surface area (Å²) in [6.07, 6.45) is 3.40. The third-order valence-corrected chi connectivity index (χ3v) is 6.30. The lowest BCUT2D eigenvalue weighted by Crippen LogP contribution is -2.61. The smallest absolute Gasteiger partial charge is 0.230 e. The van der Waals surface area contributed by atoms with E-state index in [1.54, 1.807) is 6.92 Å². The first-order chi connectivity index (χ1) is 13.2. The van der Waals surface area contributed by atoms with Gasteiger partial charge < -0.3 is 10.6 Å². The maximum atomic E-state index is 13.1. The van der Waals surface area contributed by atoms with Gasteiger partial charge in [0.25, 0.3) is 0 Å². The molecule has 156 valence electrons. The van der Waals surface area contributed by atoms with Crippen LogP contribution in [0.3, 0.4) is 0 Å². The van der Waals surface area contributed by atoms with Gasteiger partial charge in [0.05, 0.1) is 11.5 Å². The molecule has 0 spiro atoms. The molecule has 1 aromatic rings. The van der Waals surface area contributed by atoms with Crippen LogP contribution >= 0.6 is 0 Å². The third-order valence-electron chi connectivity index (χ3n) is 6.30. The molecule has 1 aromatic carbocycles. The average Bonchev–Trinajstić information content (AvgIpc) is 2.65. The molecule has 2 amide bonds. The van der Waals surface area contributed by atoms with Gasteiger partial charge in [-0.05, 0) is 58.9 Å². The van der Waals surface area contributed by atoms with E-state index < -0.39 is 5.41 Å². The fourth-order valence-corrected chi connectivity index (χ4v) is 4.91. The van der Waals surface area contributed by atoms with Crippen LogP contribution in [-0.4, -0.2) is 52.8 Å². The Morgan fingerprint density at radius 3 is 2.25 bits per heavy atom. The van der Waals surface area contributed by atoms with E-state index in [1.807, 2.05) is 35.2 Å². The van der Waals surface area contributed by atoms with Crippen LogP contribution in [0, 0.1) is 0 Å². The van der Waals surface area contributed by atoms with E-state index in [0.717, 1.165) is 31.4 Å². The largest absolute Gasteiger partial charge is 0.369 e. The van der Waals surface area contributed by atoms with Gasteiger partial charge in [-0.2, -0.15) is 0 Å². The van der Waals surface area contributed by atoms with Gasteiger partial charge >= 0.3 is 0 Å². The zero-order valence-corrected chi connectivity index (χ0v) is 18.1. The highest BCUT2D eigenvalue weighted by Gasteiger charge is 2.49. The van der Waals surface area contributed by atoms with Crippen LogP contribution in [0.4, 0.5) is 0 Å². The predicted octanol–water partition coefficient (Wildman–Crippen LogP) is 3.32. The summed E-state index contributed by atoms with van der Waals surface area (Å²) < 4.78 is 0. The molecule has 0 saturated carbocycles. The quantitative estimate of drug-likeness (QED) is 0.744. The summed E-state index contributed by atoms with van der Waals surface area (Å²) in [7, 11) is 0. The number of hydrogen-bond donors (Lipinski definition) is 1. The molecule has 2 atom stereocenters. The Morgan fingerprint density at radius 1 is 1.14 bits per heavy atom. The molecule has 1 fully saturated rings. The minimum absolute atomic E-state index is 0.0239. The summed E-state index contributed by atoms with van der Waals surface area (Å²) in [5.74, 6) is -0.305. The average molecular weight is 388 g/mol. The molecule has 28 heavy (non-hydrogen) atoms. The fourth-order valence-electron chi connectivity index (χ4n) is 4.91. The number of primary amides is 1. The van der Waals surface area contributed by atoms with Crippen LogP contribution in [0.2, 0.25) is 0 Å². The van der Waals surface area contributed by atoms with Crippen molar-refractivity contribution in [1.29, 1.82) is 0 Å². The molecule has 0 aliphatic carbocycles. The highest BCUT2D eigenvalue weighted by Crippen LogP contribution is 2.39. The van der Waals surface area contributed by atoms with Crippen molar-refractivity contribution in [1.82, 2.24) is 9.80 Å². The number of likely N-dealkylation sites (tertiary alicyclic amines) is 1. The number of rotatable bonds is 8. The Bertz CT molecular complexity index is 651. The minimum atomic E-state index is -0.880. The molecule has 5 heteroatoms. The zero-order valence-electron chi connectivity index (χ0n) is 18.1. The molecule has 2 rings (SSSR count). The highest BCUT2D eigenvalue weighted by molar-refractivity contribution is 5.89. The van der Waals surface area contributed by atoms with Crippen molar-refractivity contribution in [3.8, 4) is 0 Å². The van der Waals surface area contributed by atoms with Gasteiger partial charge in [0, 0.05) is 32.1 Å². The Labute approximate surface area is 170 Å². The van der Waals surface area contributed by atoms with Gasteiger partial charge in [0.15, 0.2) is 0 Å². The third kappa shape index (κ3) is 4.57. The number of piperidine rings is 1. The van der Waals surface area contributed by atoms with Crippen molar-refractivity contribution in [2.75, 3.05) is 13.1 Å². The van der Waals surface area contributed by atoms with E-state index in [-0.39, 0.29) is 17.9 Å². The van der Waals surface area contributed by atoms with Crippen molar-refractivity contribution < 1.29 is 9.59 Å². The Morgan fingerprint density at radius 2 is 1.75 bits per heavy atom. The topological polar surface area (TPSA) is 66.6 Å². The van der Waals surface area contributed by atoms with Gasteiger partial charge in [-0.15, -0.1) is 0 Å². The van der Waals surface area contributed by atoms with Gasteiger partial charge in [-0.25, -0.2) is 0 Å². The normalized spacial score (nSPS) is 19.9. The van der Waals surface area contributed by atoms with E-state index in [9.17, 15) is 9.59 Å². The summed E-state index contributed by atoms with van der Waals surface area (Å²) in [4.78, 5) is 29.8. The maximum Gasteiger partial charge on any atom is 0.230 e. The Kier molecular flexibility index (Phi) is 7.64. The second kappa shape index (κ2) is 9.55. The molecule has 2 unspecified atom stereocenters. The van der Waals surface area contributed by atoms with Crippen molar-refractivity contribution in [3.63, 3.8) is 0 Å². The molecule has 1 aliphatic rings. The summed E-state index contributed by atoms with van der Waals surface area (Å²) in [6.45, 7) is 11.8. The molecule has 1 heterocycles. The first-order valence-corrected chi connectivity index (χ1v) is 10.6. The van der Waals surface area contributed by atoms with Gasteiger partial charge in [-0.3, -0.25) is 14.5 Å². The lowest BCUT2D eigenvalue weighted by atomic mass is 9.67. The number of benzene rings is 1. The molecule has 0 radical (unpaired) electrons. The highest BCUT2D eigenvalue weighted by atomic mass is 16.2. The van der Waals surface area contributed by atoms with E-state index in [2.05, 4.69) is 32.6 Å². The van der Waals surface area contributed by atoms with Crippen molar-refractivity contribution in [2.24, 2.45) is 5.73 Å². The molecule has 0 bridgehead atoms. The number of carbonyl (C=O) groups excluding carboxylic acids is 2. The molecule has 5 nitrogen and oxygen atoms in total. The van der Waals surface area contributed by atoms with Crippen LogP contribution in [0.5, 0.6) is 0 Å². The standard InChI is InChI=1S/C23H37N3O2/c1-17(2)25(18(3)4)16-14-23(22(24)28,20-11-7-6-8-12-20)21-13-9-10-15-26(21)19(5)27/h6-8,11-12,17-18,21H,9-10,13-16H2,1-5H3,(H2,24,28). The van der Waals surface area contributed by atoms with Crippen molar-refractivity contribution >= 4 is 11.8 Å². The fraction of sp³-hybridized carbons (Fsp3) is 0.652. The Hall–Kier alpha value is -1.88. The van der Waals surface area contributed by atoms with Crippen LogP contribution in [0.15, 0.2) is 30.3 Å². The number of hydrogen-bond acceptors (Lipinski definition) is 3. The summed E-state index contributed by atoms with van der Waals surface area (Å²) >= 11 is 0. The second-order valence-corrected chi connectivity index (χ2v) is 8.60. The molecular weight excluding hydrogens is 350 g/mol. The SMILES string of the molecule is CC(=O)N1CCCCC1C(CCN(C(C)C)C(C)C)(C(N)=O)c1ccccc1. The monoisotopic (exact) mass is 387 g/mol. The zero-order chi connectivity index (χ0) is 20.9. The number of carbonyl (C=O) groups is 2. The molecule has 0 aromatic heterocycles. The van der Waals surface area contributed by atoms with E-state index in [0.29, 0.717) is 25.0 Å². The molecular formula is C23H37N3O2. The molecule has 2 N–H and O–H groups in total. The van der Waals surface area contributed by atoms with E-state index in [4.69, 9.17) is 5.73 Å². The van der Waals surface area contributed by atoms with Crippen LogP contribution < -0.4 is 5.73 Å². The number of amides is 2. The minimum Gasteiger partial charge on any atom is -0.369 e. The van der Waals surface area contributed by atoms with E-state index >= 15 is 0 Å². The second-order valence-electron chi connectivity index (χ2n) is 8.60. The summed E-state index contributed by atoms with van der Waals surface area (Å²) in [5.41, 5.74) is 6.18. The van der Waals surface area contributed by atoms with Crippen molar-refractivity contribution in [3.05, 3.63) is 35.9 Å². The number of nitrogens with two attached hydrogens (primary N) is 1. The first-order valence-electron chi connectivity index (χ1n) is 10.6. The summed E-state index contributed by atoms with van der Waals surface area (Å²) in [6, 6.07) is 10.4. The maximum absolute atomic E-state index is 13.1.